The molecule has 118 valence electrons. The first-order valence-electron chi connectivity index (χ1n) is 6.22. The number of hydrogen-bond acceptors (Lipinski definition) is 6. The zero-order chi connectivity index (χ0) is 15.7. The van der Waals surface area contributed by atoms with Crippen LogP contribution in [0.5, 0.6) is 11.5 Å². The molecule has 1 aromatic rings. The van der Waals surface area contributed by atoms with Gasteiger partial charge >= 0.3 is 0 Å². The molecule has 0 bridgehead atoms. The number of methoxy groups -OCH3 is 2. The molecule has 21 heavy (non-hydrogen) atoms. The Hall–Kier alpha value is -1.32. The Morgan fingerprint density at radius 1 is 1.19 bits per heavy atom. The molecule has 0 saturated carbocycles. The summed E-state index contributed by atoms with van der Waals surface area (Å²) in [6.07, 6.45) is 0.287. The first kappa shape index (κ1) is 16.1. The van der Waals surface area contributed by atoms with E-state index < -0.39 is 25.9 Å². The lowest BCUT2D eigenvalue weighted by Crippen LogP contribution is -2.35. The first-order chi connectivity index (χ1) is 9.77. The van der Waals surface area contributed by atoms with E-state index >= 15 is 0 Å². The molecular formula is C12H17NO6S2. The third-order valence-electron chi connectivity index (χ3n) is 3.22. The molecular weight excluding hydrogens is 318 g/mol. The Kier molecular flexibility index (Phi) is 4.45. The van der Waals surface area contributed by atoms with E-state index in [0.717, 1.165) is 0 Å². The van der Waals surface area contributed by atoms with Gasteiger partial charge in [0.1, 0.15) is 0 Å². The Morgan fingerprint density at radius 3 is 2.38 bits per heavy atom. The summed E-state index contributed by atoms with van der Waals surface area (Å²) in [6, 6.07) is 3.62. The maximum absolute atomic E-state index is 12.3. The molecule has 1 aromatic carbocycles. The third-order valence-corrected chi connectivity index (χ3v) is 6.51. The minimum atomic E-state index is -3.80. The number of rotatable bonds is 5. The monoisotopic (exact) mass is 335 g/mol. The van der Waals surface area contributed by atoms with Crippen LogP contribution in [0.1, 0.15) is 6.42 Å². The van der Waals surface area contributed by atoms with Gasteiger partial charge in [-0.2, -0.15) is 0 Å². The smallest absolute Gasteiger partial charge is 0.240 e. The Balaban J connectivity index is 2.24. The number of ether oxygens (including phenoxy) is 2. The zero-order valence-corrected chi connectivity index (χ0v) is 13.3. The van der Waals surface area contributed by atoms with Crippen LogP contribution in [0.2, 0.25) is 0 Å². The second kappa shape index (κ2) is 5.82. The van der Waals surface area contributed by atoms with Gasteiger partial charge in [-0.15, -0.1) is 0 Å². The van der Waals surface area contributed by atoms with Gasteiger partial charge in [0, 0.05) is 12.1 Å². The predicted octanol–water partition coefficient (Wildman–Crippen LogP) is 0.169. The zero-order valence-electron chi connectivity index (χ0n) is 11.7. The molecule has 9 heteroatoms. The minimum Gasteiger partial charge on any atom is -0.493 e. The van der Waals surface area contributed by atoms with E-state index in [1.807, 2.05) is 0 Å². The fourth-order valence-electron chi connectivity index (χ4n) is 2.16. The summed E-state index contributed by atoms with van der Waals surface area (Å²) >= 11 is 0. The second-order valence-corrected chi connectivity index (χ2v) is 8.68. The SMILES string of the molecule is COc1ccc(S(=O)(=O)NC2CCS(=O)(=O)C2)cc1OC. The lowest BCUT2D eigenvalue weighted by Gasteiger charge is -2.13. The summed E-state index contributed by atoms with van der Waals surface area (Å²) < 4.78 is 59.8. The quantitative estimate of drug-likeness (QED) is 0.823. The topological polar surface area (TPSA) is 98.8 Å². The van der Waals surface area contributed by atoms with E-state index in [9.17, 15) is 16.8 Å². The molecule has 1 aliphatic heterocycles. The number of hydrogen-bond donors (Lipinski definition) is 1. The van der Waals surface area contributed by atoms with Gasteiger partial charge in [-0.1, -0.05) is 0 Å². The summed E-state index contributed by atoms with van der Waals surface area (Å²) in [5.41, 5.74) is 0. The predicted molar refractivity (Wildman–Crippen MR) is 76.9 cm³/mol. The standard InChI is InChI=1S/C12H17NO6S2/c1-18-11-4-3-10(7-12(11)19-2)21(16,17)13-9-5-6-20(14,15)8-9/h3-4,7,9,13H,5-6,8H2,1-2H3. The van der Waals surface area contributed by atoms with Crippen LogP contribution < -0.4 is 14.2 Å². The van der Waals surface area contributed by atoms with Crippen molar-refractivity contribution in [1.82, 2.24) is 4.72 Å². The highest BCUT2D eigenvalue weighted by Crippen LogP contribution is 2.29. The van der Waals surface area contributed by atoms with Gasteiger partial charge in [0.15, 0.2) is 21.3 Å². The highest BCUT2D eigenvalue weighted by molar-refractivity contribution is 7.92. The fraction of sp³-hybridized carbons (Fsp3) is 0.500. The van der Waals surface area contributed by atoms with Gasteiger partial charge in [0.25, 0.3) is 0 Å². The maximum atomic E-state index is 12.3. The van der Waals surface area contributed by atoms with Crippen molar-refractivity contribution in [3.05, 3.63) is 18.2 Å². The van der Waals surface area contributed by atoms with Crippen LogP contribution >= 0.6 is 0 Å². The van der Waals surface area contributed by atoms with E-state index in [4.69, 9.17) is 9.47 Å². The van der Waals surface area contributed by atoms with Crippen molar-refractivity contribution in [1.29, 1.82) is 0 Å². The van der Waals surface area contributed by atoms with Gasteiger partial charge < -0.3 is 9.47 Å². The van der Waals surface area contributed by atoms with Crippen molar-refractivity contribution < 1.29 is 26.3 Å². The lowest BCUT2D eigenvalue weighted by molar-refractivity contribution is 0.354. The molecule has 1 fully saturated rings. The molecule has 0 amide bonds. The van der Waals surface area contributed by atoms with E-state index in [2.05, 4.69) is 4.72 Å². The van der Waals surface area contributed by atoms with Gasteiger partial charge in [0.05, 0.1) is 30.6 Å². The fourth-order valence-corrected chi connectivity index (χ4v) is 5.22. The van der Waals surface area contributed by atoms with Crippen molar-refractivity contribution in [2.75, 3.05) is 25.7 Å². The average molecular weight is 335 g/mol. The van der Waals surface area contributed by atoms with Crippen LogP contribution in [0, 0.1) is 0 Å². The molecule has 1 aliphatic rings. The summed E-state index contributed by atoms with van der Waals surface area (Å²) in [5, 5.41) is 0. The molecule has 0 radical (unpaired) electrons. The Bertz CT molecular complexity index is 726. The highest BCUT2D eigenvalue weighted by atomic mass is 32.2. The molecule has 1 atom stereocenters. The van der Waals surface area contributed by atoms with Crippen molar-refractivity contribution in [3.63, 3.8) is 0 Å². The summed E-state index contributed by atoms with van der Waals surface area (Å²) in [6.45, 7) is 0. The van der Waals surface area contributed by atoms with E-state index in [-0.39, 0.29) is 22.8 Å². The van der Waals surface area contributed by atoms with Gasteiger partial charge in [-0.3, -0.25) is 0 Å². The normalized spacial score (nSPS) is 21.1. The van der Waals surface area contributed by atoms with Crippen LogP contribution in [0.15, 0.2) is 23.1 Å². The van der Waals surface area contributed by atoms with Crippen LogP contribution in [0.3, 0.4) is 0 Å². The number of sulfonamides is 1. The molecule has 2 rings (SSSR count). The molecule has 0 aromatic heterocycles. The molecule has 1 saturated heterocycles. The van der Waals surface area contributed by atoms with Crippen LogP contribution in [-0.2, 0) is 19.9 Å². The summed E-state index contributed by atoms with van der Waals surface area (Å²) in [4.78, 5) is 0.00412. The first-order valence-corrected chi connectivity index (χ1v) is 9.52. The molecule has 1 heterocycles. The summed E-state index contributed by atoms with van der Waals surface area (Å²) in [7, 11) is -4.09. The van der Waals surface area contributed by atoms with Gasteiger partial charge in [-0.25, -0.2) is 21.6 Å². The van der Waals surface area contributed by atoms with E-state index in [1.165, 1.54) is 32.4 Å². The molecule has 1 N–H and O–H groups in total. The van der Waals surface area contributed by atoms with Crippen LogP contribution in [-0.4, -0.2) is 48.6 Å². The van der Waals surface area contributed by atoms with Crippen molar-refractivity contribution in [3.8, 4) is 11.5 Å². The minimum absolute atomic E-state index is 0.00412. The maximum Gasteiger partial charge on any atom is 0.240 e. The van der Waals surface area contributed by atoms with Crippen molar-refractivity contribution in [2.24, 2.45) is 0 Å². The second-order valence-electron chi connectivity index (χ2n) is 4.74. The van der Waals surface area contributed by atoms with E-state index in [1.54, 1.807) is 0 Å². The number of sulfone groups is 1. The van der Waals surface area contributed by atoms with Crippen LogP contribution in [0.25, 0.3) is 0 Å². The largest absolute Gasteiger partial charge is 0.493 e. The summed E-state index contributed by atoms with van der Waals surface area (Å²) in [5.74, 6) is 0.547. The average Bonchev–Trinajstić information content (AvgIpc) is 2.76. The van der Waals surface area contributed by atoms with E-state index in [0.29, 0.717) is 11.5 Å². The van der Waals surface area contributed by atoms with Crippen molar-refractivity contribution >= 4 is 19.9 Å². The third kappa shape index (κ3) is 3.66. The molecule has 7 nitrogen and oxygen atoms in total. The van der Waals surface area contributed by atoms with Crippen LogP contribution in [0.4, 0.5) is 0 Å². The number of nitrogens with one attached hydrogen (secondary N) is 1. The Labute approximate surface area is 124 Å². The van der Waals surface area contributed by atoms with Gasteiger partial charge in [-0.05, 0) is 18.6 Å². The lowest BCUT2D eigenvalue weighted by atomic mass is 10.3. The van der Waals surface area contributed by atoms with Gasteiger partial charge in [0.2, 0.25) is 10.0 Å². The molecule has 1 unspecified atom stereocenters. The molecule has 0 aliphatic carbocycles. The highest BCUT2D eigenvalue weighted by Gasteiger charge is 2.31. The Morgan fingerprint density at radius 2 is 1.86 bits per heavy atom. The molecule has 0 spiro atoms. The van der Waals surface area contributed by atoms with Crippen molar-refractivity contribution in [2.45, 2.75) is 17.4 Å². The number of benzene rings is 1.